The standard InChI is InChI=1S/C14H14O2/c1-9(2)13-11-6-4-3-5-10(11)7-8-12(13)14(15)16/h3-9H,1-2H3,(H,15,16). The molecule has 0 amide bonds. The largest absolute Gasteiger partial charge is 0.478 e. The lowest BCUT2D eigenvalue weighted by Gasteiger charge is -2.13. The van der Waals surface area contributed by atoms with Crippen LogP contribution in [0.15, 0.2) is 36.4 Å². The Morgan fingerprint density at radius 3 is 2.44 bits per heavy atom. The Morgan fingerprint density at radius 2 is 1.81 bits per heavy atom. The fraction of sp³-hybridized carbons (Fsp3) is 0.214. The van der Waals surface area contributed by atoms with Gasteiger partial charge in [0.05, 0.1) is 5.56 Å². The molecular weight excluding hydrogens is 200 g/mol. The molecule has 0 atom stereocenters. The van der Waals surface area contributed by atoms with Crippen molar-refractivity contribution in [2.45, 2.75) is 19.8 Å². The van der Waals surface area contributed by atoms with Crippen molar-refractivity contribution in [2.24, 2.45) is 0 Å². The van der Waals surface area contributed by atoms with Gasteiger partial charge in [-0.3, -0.25) is 0 Å². The zero-order valence-corrected chi connectivity index (χ0v) is 9.40. The number of fused-ring (bicyclic) bond motifs is 1. The van der Waals surface area contributed by atoms with Gasteiger partial charge in [-0.25, -0.2) is 4.79 Å². The second-order valence-electron chi connectivity index (χ2n) is 4.21. The quantitative estimate of drug-likeness (QED) is 0.828. The predicted molar refractivity (Wildman–Crippen MR) is 65.0 cm³/mol. The lowest BCUT2D eigenvalue weighted by atomic mass is 9.91. The van der Waals surface area contributed by atoms with Gasteiger partial charge in [-0.1, -0.05) is 44.2 Å². The van der Waals surface area contributed by atoms with Crippen LogP contribution in [0, 0.1) is 0 Å². The monoisotopic (exact) mass is 214 g/mol. The fourth-order valence-electron chi connectivity index (χ4n) is 2.10. The minimum atomic E-state index is -0.852. The first-order valence-corrected chi connectivity index (χ1v) is 5.36. The third-order valence-electron chi connectivity index (χ3n) is 2.78. The minimum absolute atomic E-state index is 0.206. The summed E-state index contributed by atoms with van der Waals surface area (Å²) in [6, 6.07) is 11.5. The highest BCUT2D eigenvalue weighted by Gasteiger charge is 2.15. The molecule has 0 fully saturated rings. The van der Waals surface area contributed by atoms with Gasteiger partial charge < -0.3 is 5.11 Å². The van der Waals surface area contributed by atoms with Crippen LogP contribution >= 0.6 is 0 Å². The van der Waals surface area contributed by atoms with Crippen LogP contribution in [-0.4, -0.2) is 11.1 Å². The Labute approximate surface area is 94.5 Å². The van der Waals surface area contributed by atoms with Crippen LogP contribution in [0.5, 0.6) is 0 Å². The molecule has 0 heterocycles. The molecule has 1 N–H and O–H groups in total. The summed E-state index contributed by atoms with van der Waals surface area (Å²) >= 11 is 0. The summed E-state index contributed by atoms with van der Waals surface area (Å²) in [4.78, 5) is 11.2. The number of rotatable bonds is 2. The van der Waals surface area contributed by atoms with Gasteiger partial charge in [-0.05, 0) is 28.3 Å². The highest BCUT2D eigenvalue weighted by Crippen LogP contribution is 2.28. The molecule has 16 heavy (non-hydrogen) atoms. The SMILES string of the molecule is CC(C)c1c(C(=O)O)ccc2ccccc12. The van der Waals surface area contributed by atoms with Gasteiger partial charge in [-0.2, -0.15) is 0 Å². The maximum Gasteiger partial charge on any atom is 0.335 e. The van der Waals surface area contributed by atoms with E-state index in [9.17, 15) is 9.90 Å². The van der Waals surface area contributed by atoms with E-state index in [4.69, 9.17) is 0 Å². The maximum atomic E-state index is 11.2. The summed E-state index contributed by atoms with van der Waals surface area (Å²) in [5, 5.41) is 11.3. The zero-order valence-electron chi connectivity index (χ0n) is 9.40. The van der Waals surface area contributed by atoms with Crippen LogP contribution < -0.4 is 0 Å². The van der Waals surface area contributed by atoms with Crippen LogP contribution in [0.2, 0.25) is 0 Å². The fourth-order valence-corrected chi connectivity index (χ4v) is 2.10. The van der Waals surface area contributed by atoms with Crippen molar-refractivity contribution in [1.82, 2.24) is 0 Å². The van der Waals surface area contributed by atoms with Gasteiger partial charge >= 0.3 is 5.97 Å². The molecule has 0 radical (unpaired) electrons. The molecule has 2 nitrogen and oxygen atoms in total. The van der Waals surface area contributed by atoms with Crippen LogP contribution in [0.1, 0.15) is 35.7 Å². The first-order valence-electron chi connectivity index (χ1n) is 5.36. The Kier molecular flexibility index (Phi) is 2.65. The van der Waals surface area contributed by atoms with Gasteiger partial charge in [0.2, 0.25) is 0 Å². The van der Waals surface area contributed by atoms with Gasteiger partial charge in [0, 0.05) is 0 Å². The molecule has 0 aliphatic heterocycles. The van der Waals surface area contributed by atoms with Gasteiger partial charge in [0.25, 0.3) is 0 Å². The molecule has 0 unspecified atom stereocenters. The van der Waals surface area contributed by atoms with Crippen LogP contribution in [0.25, 0.3) is 10.8 Å². The number of carbonyl (C=O) groups is 1. The third-order valence-corrected chi connectivity index (χ3v) is 2.78. The first kappa shape index (κ1) is 10.7. The van der Waals surface area contributed by atoms with E-state index in [1.807, 2.05) is 44.2 Å². The molecular formula is C14H14O2. The molecule has 0 spiro atoms. The zero-order chi connectivity index (χ0) is 11.7. The van der Waals surface area contributed by atoms with Crippen molar-refractivity contribution < 1.29 is 9.90 Å². The number of carboxylic acids is 1. The van der Waals surface area contributed by atoms with Crippen molar-refractivity contribution >= 4 is 16.7 Å². The maximum absolute atomic E-state index is 11.2. The Balaban J connectivity index is 2.84. The summed E-state index contributed by atoms with van der Waals surface area (Å²) < 4.78 is 0. The van der Waals surface area contributed by atoms with Crippen molar-refractivity contribution in [3.8, 4) is 0 Å². The van der Waals surface area contributed by atoms with Crippen molar-refractivity contribution in [3.63, 3.8) is 0 Å². The van der Waals surface area contributed by atoms with E-state index >= 15 is 0 Å². The molecule has 2 aromatic rings. The number of benzene rings is 2. The van der Waals surface area contributed by atoms with E-state index in [1.165, 1.54) is 0 Å². The van der Waals surface area contributed by atoms with Crippen LogP contribution in [0.3, 0.4) is 0 Å². The normalized spacial score (nSPS) is 10.9. The summed E-state index contributed by atoms with van der Waals surface area (Å²) in [6.07, 6.45) is 0. The van der Waals surface area contributed by atoms with E-state index in [2.05, 4.69) is 0 Å². The number of hydrogen-bond acceptors (Lipinski definition) is 1. The molecule has 0 saturated heterocycles. The predicted octanol–water partition coefficient (Wildman–Crippen LogP) is 3.66. The lowest BCUT2D eigenvalue weighted by Crippen LogP contribution is -2.04. The number of hydrogen-bond donors (Lipinski definition) is 1. The third kappa shape index (κ3) is 1.67. The Hall–Kier alpha value is -1.83. The Morgan fingerprint density at radius 1 is 1.12 bits per heavy atom. The lowest BCUT2D eigenvalue weighted by molar-refractivity contribution is 0.0695. The minimum Gasteiger partial charge on any atom is -0.478 e. The van der Waals surface area contributed by atoms with E-state index in [1.54, 1.807) is 6.07 Å². The van der Waals surface area contributed by atoms with E-state index in [0.29, 0.717) is 5.56 Å². The van der Waals surface area contributed by atoms with E-state index < -0.39 is 5.97 Å². The molecule has 2 aromatic carbocycles. The van der Waals surface area contributed by atoms with Gasteiger partial charge in [0.15, 0.2) is 0 Å². The molecule has 0 bridgehead atoms. The molecule has 0 saturated carbocycles. The van der Waals surface area contributed by atoms with Crippen LogP contribution in [0.4, 0.5) is 0 Å². The summed E-state index contributed by atoms with van der Waals surface area (Å²) in [5.74, 6) is -0.647. The van der Waals surface area contributed by atoms with Crippen molar-refractivity contribution in [2.75, 3.05) is 0 Å². The first-order chi connectivity index (χ1) is 7.61. The van der Waals surface area contributed by atoms with E-state index in [0.717, 1.165) is 16.3 Å². The summed E-state index contributed by atoms with van der Waals surface area (Å²) in [6.45, 7) is 4.04. The molecule has 82 valence electrons. The molecule has 2 rings (SSSR count). The topological polar surface area (TPSA) is 37.3 Å². The second-order valence-corrected chi connectivity index (χ2v) is 4.21. The Bertz CT molecular complexity index is 541. The van der Waals surface area contributed by atoms with Gasteiger partial charge in [-0.15, -0.1) is 0 Å². The average Bonchev–Trinajstić information content (AvgIpc) is 2.27. The molecule has 0 aromatic heterocycles. The molecule has 0 aliphatic rings. The highest BCUT2D eigenvalue weighted by molar-refractivity contribution is 5.98. The van der Waals surface area contributed by atoms with E-state index in [-0.39, 0.29) is 5.92 Å². The summed E-state index contributed by atoms with van der Waals surface area (Å²) in [7, 11) is 0. The van der Waals surface area contributed by atoms with Crippen molar-refractivity contribution in [1.29, 1.82) is 0 Å². The van der Waals surface area contributed by atoms with Crippen LogP contribution in [-0.2, 0) is 0 Å². The molecule has 2 heteroatoms. The van der Waals surface area contributed by atoms with Crippen molar-refractivity contribution in [3.05, 3.63) is 47.5 Å². The molecule has 0 aliphatic carbocycles. The number of aromatic carboxylic acids is 1. The van der Waals surface area contributed by atoms with Gasteiger partial charge in [0.1, 0.15) is 0 Å². The average molecular weight is 214 g/mol. The highest BCUT2D eigenvalue weighted by atomic mass is 16.4. The summed E-state index contributed by atoms with van der Waals surface area (Å²) in [5.41, 5.74) is 1.33. The second kappa shape index (κ2) is 3.97. The number of carboxylic acid groups (broad SMARTS) is 1. The smallest absolute Gasteiger partial charge is 0.335 e.